The smallest absolute Gasteiger partial charge is 0.160 e. The van der Waals surface area contributed by atoms with E-state index in [1.165, 1.54) is 11.1 Å². The maximum Gasteiger partial charge on any atom is 0.160 e. The summed E-state index contributed by atoms with van der Waals surface area (Å²) in [7, 11) is 6.27. The van der Waals surface area contributed by atoms with Gasteiger partial charge in [-0.25, -0.2) is 9.97 Å². The lowest BCUT2D eigenvalue weighted by Gasteiger charge is -2.13. The van der Waals surface area contributed by atoms with E-state index in [1.54, 1.807) is 0 Å². The molecule has 5 aromatic carbocycles. The maximum atomic E-state index is 6.27. The second-order valence-electron chi connectivity index (χ2n) is 8.52. The molecule has 6 aromatic rings. The first-order chi connectivity index (χ1) is 17.3. The van der Waals surface area contributed by atoms with Crippen LogP contribution in [0.4, 0.5) is 0 Å². The lowest BCUT2D eigenvalue weighted by molar-refractivity contribution is 1.18. The van der Waals surface area contributed by atoms with Gasteiger partial charge in [0.25, 0.3) is 0 Å². The monoisotopic (exact) mass is 444 g/mol. The molecule has 35 heavy (non-hydrogen) atoms. The van der Waals surface area contributed by atoms with Crippen LogP contribution in [-0.4, -0.2) is 17.8 Å². The Labute approximate surface area is 206 Å². The molecule has 2 radical (unpaired) electrons. The Balaban J connectivity index is 1.52. The zero-order valence-corrected chi connectivity index (χ0v) is 19.1. The second-order valence-corrected chi connectivity index (χ2v) is 8.52. The van der Waals surface area contributed by atoms with Gasteiger partial charge in [-0.2, -0.15) is 0 Å². The molecule has 1 aromatic heterocycles. The number of nitrogens with zero attached hydrogens (tertiary/aromatic N) is 2. The molecule has 0 aliphatic carbocycles. The molecule has 0 aliphatic heterocycles. The van der Waals surface area contributed by atoms with E-state index in [1.807, 2.05) is 54.6 Å². The summed E-state index contributed by atoms with van der Waals surface area (Å²) in [6.07, 6.45) is 0. The van der Waals surface area contributed by atoms with Crippen LogP contribution in [0.5, 0.6) is 0 Å². The van der Waals surface area contributed by atoms with Crippen LogP contribution in [0.15, 0.2) is 127 Å². The fraction of sp³-hybridized carbons (Fsp3) is 0. The number of hydrogen-bond acceptors (Lipinski definition) is 2. The summed E-state index contributed by atoms with van der Waals surface area (Å²) < 4.78 is 0. The van der Waals surface area contributed by atoms with Crippen molar-refractivity contribution >= 4 is 24.1 Å². The highest BCUT2D eigenvalue weighted by Crippen LogP contribution is 2.32. The Bertz CT molecular complexity index is 1630. The van der Waals surface area contributed by atoms with Gasteiger partial charge in [0.2, 0.25) is 0 Å². The van der Waals surface area contributed by atoms with Gasteiger partial charge in [0.1, 0.15) is 7.85 Å². The first-order valence-electron chi connectivity index (χ1n) is 11.6. The van der Waals surface area contributed by atoms with Gasteiger partial charge in [-0.05, 0) is 28.0 Å². The predicted octanol–water partition coefficient (Wildman–Crippen LogP) is 7.09. The normalized spacial score (nSPS) is 11.0. The van der Waals surface area contributed by atoms with Crippen LogP contribution in [0.1, 0.15) is 0 Å². The van der Waals surface area contributed by atoms with E-state index in [0.717, 1.165) is 44.3 Å². The Morgan fingerprint density at radius 3 is 1.69 bits per heavy atom. The van der Waals surface area contributed by atoms with Crippen molar-refractivity contribution in [3.8, 4) is 45.0 Å². The molecule has 0 N–H and O–H groups in total. The van der Waals surface area contributed by atoms with E-state index in [-0.39, 0.29) is 0 Å². The molecule has 0 bridgehead atoms. The Morgan fingerprint density at radius 2 is 0.971 bits per heavy atom. The zero-order chi connectivity index (χ0) is 23.6. The van der Waals surface area contributed by atoms with Gasteiger partial charge in [-0.3, -0.25) is 0 Å². The Hall–Kier alpha value is -4.50. The molecular weight excluding hydrogens is 423 g/mol. The van der Waals surface area contributed by atoms with Crippen molar-refractivity contribution in [3.05, 3.63) is 127 Å². The number of aromatic nitrogens is 2. The number of benzene rings is 5. The summed E-state index contributed by atoms with van der Waals surface area (Å²) in [6, 6.07) is 43.3. The zero-order valence-electron chi connectivity index (χ0n) is 19.1. The van der Waals surface area contributed by atoms with Crippen molar-refractivity contribution in [3.63, 3.8) is 0 Å². The van der Waals surface area contributed by atoms with Crippen molar-refractivity contribution < 1.29 is 0 Å². The van der Waals surface area contributed by atoms with E-state index in [2.05, 4.69) is 72.8 Å². The van der Waals surface area contributed by atoms with Gasteiger partial charge in [0.15, 0.2) is 5.82 Å². The lowest BCUT2D eigenvalue weighted by Crippen LogP contribution is -2.04. The maximum absolute atomic E-state index is 6.27. The van der Waals surface area contributed by atoms with Gasteiger partial charge in [0, 0.05) is 16.7 Å². The van der Waals surface area contributed by atoms with Gasteiger partial charge < -0.3 is 0 Å². The topological polar surface area (TPSA) is 25.8 Å². The van der Waals surface area contributed by atoms with Crippen LogP contribution in [-0.2, 0) is 0 Å². The minimum atomic E-state index is 0.700. The van der Waals surface area contributed by atoms with Crippen molar-refractivity contribution in [1.82, 2.24) is 9.97 Å². The van der Waals surface area contributed by atoms with Crippen LogP contribution < -0.4 is 5.46 Å². The molecule has 162 valence electrons. The Morgan fingerprint density at radius 1 is 0.429 bits per heavy atom. The molecule has 1 heterocycles. The molecule has 0 amide bonds. The predicted molar refractivity (Wildman–Crippen MR) is 147 cm³/mol. The van der Waals surface area contributed by atoms with Crippen LogP contribution in [0.25, 0.3) is 55.8 Å². The third-order valence-electron chi connectivity index (χ3n) is 6.28. The van der Waals surface area contributed by atoms with Crippen LogP contribution >= 0.6 is 0 Å². The molecule has 0 aliphatic rings. The van der Waals surface area contributed by atoms with Gasteiger partial charge >= 0.3 is 0 Å². The highest BCUT2D eigenvalue weighted by molar-refractivity contribution is 6.39. The van der Waals surface area contributed by atoms with Crippen LogP contribution in [0.3, 0.4) is 0 Å². The molecular formula is C32H21BN2. The van der Waals surface area contributed by atoms with Crippen LogP contribution in [0.2, 0.25) is 0 Å². The summed E-state index contributed by atoms with van der Waals surface area (Å²) in [4.78, 5) is 9.96. The summed E-state index contributed by atoms with van der Waals surface area (Å²) in [5, 5.41) is 2.11. The number of fused-ring (bicyclic) bond motifs is 1. The molecule has 0 saturated heterocycles. The van der Waals surface area contributed by atoms with Crippen molar-refractivity contribution in [2.45, 2.75) is 0 Å². The average Bonchev–Trinajstić information content (AvgIpc) is 2.94. The molecule has 0 unspecified atom stereocenters. The van der Waals surface area contributed by atoms with Crippen LogP contribution in [0, 0.1) is 0 Å². The third-order valence-corrected chi connectivity index (χ3v) is 6.28. The molecule has 3 heteroatoms. The fourth-order valence-electron chi connectivity index (χ4n) is 4.46. The highest BCUT2D eigenvalue weighted by Gasteiger charge is 2.13. The summed E-state index contributed by atoms with van der Waals surface area (Å²) in [5.74, 6) is 0.700. The minimum absolute atomic E-state index is 0.700. The lowest BCUT2D eigenvalue weighted by atomic mass is 9.87. The Kier molecular flexibility index (Phi) is 5.44. The summed E-state index contributed by atoms with van der Waals surface area (Å²) in [5.41, 5.74) is 7.96. The first kappa shape index (κ1) is 21.1. The first-order valence-corrected chi connectivity index (χ1v) is 11.6. The SMILES string of the molecule is [B]c1ccc(-c2cc(-c3ccc(-c4ccccc4)cc3)nc(-c3ccccc3)n2)c2ccccc12. The van der Waals surface area contributed by atoms with Crippen molar-refractivity contribution in [2.24, 2.45) is 0 Å². The molecule has 0 saturated carbocycles. The van der Waals surface area contributed by atoms with Gasteiger partial charge in [-0.15, -0.1) is 0 Å². The van der Waals surface area contributed by atoms with Gasteiger partial charge in [0.05, 0.1) is 11.4 Å². The average molecular weight is 444 g/mol. The van der Waals surface area contributed by atoms with Gasteiger partial charge in [-0.1, -0.05) is 127 Å². The summed E-state index contributed by atoms with van der Waals surface area (Å²) in [6.45, 7) is 0. The summed E-state index contributed by atoms with van der Waals surface area (Å²) >= 11 is 0. The van der Waals surface area contributed by atoms with E-state index in [0.29, 0.717) is 5.82 Å². The number of rotatable bonds is 4. The molecule has 0 fully saturated rings. The quantitative estimate of drug-likeness (QED) is 0.271. The second kappa shape index (κ2) is 9.04. The largest absolute Gasteiger partial charge is 0.228 e. The standard InChI is InChI=1S/C32H21BN2/c33-29-20-19-28(26-13-7-8-14-27(26)29)31-21-30(34-32(35-31)25-11-5-2-6-12-25)24-17-15-23(16-18-24)22-9-3-1-4-10-22/h1-21H. The third kappa shape index (κ3) is 4.13. The molecule has 0 spiro atoms. The minimum Gasteiger partial charge on any atom is -0.228 e. The van der Waals surface area contributed by atoms with E-state index in [4.69, 9.17) is 17.8 Å². The fourth-order valence-corrected chi connectivity index (χ4v) is 4.46. The van der Waals surface area contributed by atoms with E-state index in [9.17, 15) is 0 Å². The van der Waals surface area contributed by atoms with E-state index < -0.39 is 0 Å². The highest BCUT2D eigenvalue weighted by atomic mass is 14.9. The molecule has 6 rings (SSSR count). The number of hydrogen-bond donors (Lipinski definition) is 0. The molecule has 2 nitrogen and oxygen atoms in total. The van der Waals surface area contributed by atoms with Crippen molar-refractivity contribution in [2.75, 3.05) is 0 Å². The molecule has 0 atom stereocenters. The van der Waals surface area contributed by atoms with Crippen molar-refractivity contribution in [1.29, 1.82) is 0 Å². The van der Waals surface area contributed by atoms with E-state index >= 15 is 0 Å².